The molecule has 0 aliphatic rings. The predicted octanol–water partition coefficient (Wildman–Crippen LogP) is 0.540. The van der Waals surface area contributed by atoms with E-state index >= 15 is 0 Å². The second kappa shape index (κ2) is 7.03. The van der Waals surface area contributed by atoms with Crippen molar-refractivity contribution in [2.24, 2.45) is 5.84 Å². The van der Waals surface area contributed by atoms with Gasteiger partial charge in [-0.15, -0.1) is 0 Å². The van der Waals surface area contributed by atoms with Crippen LogP contribution in [0.25, 0.3) is 0 Å². The molecular formula is C11H22N6. The number of aromatic nitrogens is 2. The molecule has 0 spiro atoms. The zero-order valence-corrected chi connectivity index (χ0v) is 10.8. The van der Waals surface area contributed by atoms with Crippen LogP contribution in [-0.4, -0.2) is 48.6 Å². The molecular weight excluding hydrogens is 216 g/mol. The van der Waals surface area contributed by atoms with Gasteiger partial charge in [-0.1, -0.05) is 6.92 Å². The number of hydrazine groups is 1. The minimum Gasteiger partial charge on any atom is -0.355 e. The maximum Gasteiger partial charge on any atom is 0.145 e. The first-order chi connectivity index (χ1) is 8.17. The van der Waals surface area contributed by atoms with Crippen LogP contribution in [0.15, 0.2) is 12.4 Å². The molecule has 0 bridgehead atoms. The summed E-state index contributed by atoms with van der Waals surface area (Å²) in [6, 6.07) is 1.87. The molecule has 0 amide bonds. The summed E-state index contributed by atoms with van der Waals surface area (Å²) < 4.78 is 0. The molecule has 1 rings (SSSR count). The van der Waals surface area contributed by atoms with Crippen molar-refractivity contribution in [2.45, 2.75) is 13.3 Å². The van der Waals surface area contributed by atoms with Crippen molar-refractivity contribution in [3.8, 4) is 0 Å². The van der Waals surface area contributed by atoms with E-state index in [-0.39, 0.29) is 0 Å². The van der Waals surface area contributed by atoms with Crippen LogP contribution in [0.4, 0.5) is 11.6 Å². The molecule has 1 heterocycles. The van der Waals surface area contributed by atoms with Gasteiger partial charge in [0.1, 0.15) is 18.0 Å². The first kappa shape index (κ1) is 13.7. The molecule has 6 nitrogen and oxygen atoms in total. The van der Waals surface area contributed by atoms with Gasteiger partial charge in [0.25, 0.3) is 0 Å². The summed E-state index contributed by atoms with van der Waals surface area (Å²) in [5.41, 5.74) is 2.54. The van der Waals surface area contributed by atoms with Gasteiger partial charge in [-0.2, -0.15) is 0 Å². The van der Waals surface area contributed by atoms with Crippen LogP contribution in [0, 0.1) is 0 Å². The summed E-state index contributed by atoms with van der Waals surface area (Å²) in [6.45, 7) is 5.08. The Morgan fingerprint density at radius 1 is 1.24 bits per heavy atom. The molecule has 1 aromatic heterocycles. The number of hydrogen-bond acceptors (Lipinski definition) is 6. The molecule has 0 radical (unpaired) electrons. The predicted molar refractivity (Wildman–Crippen MR) is 70.9 cm³/mol. The Morgan fingerprint density at radius 2 is 2.00 bits per heavy atom. The van der Waals surface area contributed by atoms with Crippen molar-refractivity contribution >= 4 is 11.6 Å². The van der Waals surface area contributed by atoms with Gasteiger partial charge in [-0.05, 0) is 20.5 Å². The molecule has 0 unspecified atom stereocenters. The van der Waals surface area contributed by atoms with Crippen LogP contribution in [0.1, 0.15) is 13.3 Å². The van der Waals surface area contributed by atoms with Gasteiger partial charge in [-0.25, -0.2) is 15.8 Å². The molecule has 0 saturated carbocycles. The van der Waals surface area contributed by atoms with Crippen LogP contribution in [0.3, 0.4) is 0 Å². The Morgan fingerprint density at radius 3 is 2.59 bits per heavy atom. The largest absolute Gasteiger partial charge is 0.355 e. The van der Waals surface area contributed by atoms with E-state index in [9.17, 15) is 0 Å². The number of rotatable bonds is 7. The molecule has 96 valence electrons. The Labute approximate surface area is 103 Å². The van der Waals surface area contributed by atoms with Crippen molar-refractivity contribution in [2.75, 3.05) is 44.1 Å². The van der Waals surface area contributed by atoms with E-state index < -0.39 is 0 Å². The Bertz CT molecular complexity index is 327. The van der Waals surface area contributed by atoms with E-state index in [0.29, 0.717) is 5.82 Å². The van der Waals surface area contributed by atoms with Crippen molar-refractivity contribution in [3.05, 3.63) is 12.4 Å². The summed E-state index contributed by atoms with van der Waals surface area (Å²) in [5, 5.41) is 0. The molecule has 0 atom stereocenters. The number of nitrogens with two attached hydrogens (primary N) is 1. The second-order valence-electron chi connectivity index (χ2n) is 4.20. The highest BCUT2D eigenvalue weighted by molar-refractivity contribution is 5.47. The summed E-state index contributed by atoms with van der Waals surface area (Å²) in [6.07, 6.45) is 2.62. The molecule has 6 heteroatoms. The number of likely N-dealkylation sites (N-methyl/N-ethyl adjacent to an activating group) is 1. The molecule has 0 aromatic carbocycles. The lowest BCUT2D eigenvalue weighted by molar-refractivity contribution is 0.412. The molecule has 17 heavy (non-hydrogen) atoms. The summed E-state index contributed by atoms with van der Waals surface area (Å²) in [4.78, 5) is 12.7. The van der Waals surface area contributed by atoms with E-state index in [1.807, 2.05) is 6.07 Å². The van der Waals surface area contributed by atoms with Crippen molar-refractivity contribution in [1.82, 2.24) is 14.9 Å². The fraction of sp³-hybridized carbons (Fsp3) is 0.636. The van der Waals surface area contributed by atoms with Crippen LogP contribution in [0.5, 0.6) is 0 Å². The van der Waals surface area contributed by atoms with E-state index in [1.54, 1.807) is 0 Å². The number of nitrogens with zero attached hydrogens (tertiary/aromatic N) is 4. The average molecular weight is 238 g/mol. The number of nitrogen functional groups attached to an aromatic ring is 1. The standard InChI is InChI=1S/C11H22N6/c1-4-5-17(7-6-16(2)3)11-8-10(15-12)13-9-14-11/h8-9H,4-7,12H2,1-3H3,(H,13,14,15). The second-order valence-corrected chi connectivity index (χ2v) is 4.20. The molecule has 0 fully saturated rings. The van der Waals surface area contributed by atoms with Gasteiger partial charge in [0.05, 0.1) is 0 Å². The first-order valence-corrected chi connectivity index (χ1v) is 5.85. The van der Waals surface area contributed by atoms with Crippen LogP contribution in [0.2, 0.25) is 0 Å². The molecule has 3 N–H and O–H groups in total. The third-order valence-electron chi connectivity index (χ3n) is 2.44. The Balaban J connectivity index is 2.73. The summed E-state index contributed by atoms with van der Waals surface area (Å²) >= 11 is 0. The quantitative estimate of drug-likeness (QED) is 0.534. The lowest BCUT2D eigenvalue weighted by Gasteiger charge is -2.24. The summed E-state index contributed by atoms with van der Waals surface area (Å²) in [5.74, 6) is 6.90. The van der Waals surface area contributed by atoms with Crippen LogP contribution in [-0.2, 0) is 0 Å². The number of anilines is 2. The average Bonchev–Trinajstić information content (AvgIpc) is 2.34. The zero-order chi connectivity index (χ0) is 12.7. The molecule has 1 aromatic rings. The third kappa shape index (κ3) is 4.54. The van der Waals surface area contributed by atoms with Crippen LogP contribution < -0.4 is 16.2 Å². The third-order valence-corrected chi connectivity index (χ3v) is 2.44. The zero-order valence-electron chi connectivity index (χ0n) is 10.8. The molecule has 0 aliphatic heterocycles. The highest BCUT2D eigenvalue weighted by Gasteiger charge is 2.08. The lowest BCUT2D eigenvalue weighted by Crippen LogP contribution is -2.33. The minimum atomic E-state index is 0.640. The van der Waals surface area contributed by atoms with Gasteiger partial charge in [0.2, 0.25) is 0 Å². The lowest BCUT2D eigenvalue weighted by atomic mass is 10.3. The number of nitrogens with one attached hydrogen (secondary N) is 1. The van der Waals surface area contributed by atoms with Crippen molar-refractivity contribution in [1.29, 1.82) is 0 Å². The first-order valence-electron chi connectivity index (χ1n) is 5.85. The van der Waals surface area contributed by atoms with Gasteiger partial charge in [0.15, 0.2) is 0 Å². The van der Waals surface area contributed by atoms with Crippen molar-refractivity contribution < 1.29 is 0 Å². The fourth-order valence-corrected chi connectivity index (χ4v) is 1.53. The summed E-state index contributed by atoms with van der Waals surface area (Å²) in [7, 11) is 4.13. The highest BCUT2D eigenvalue weighted by Crippen LogP contribution is 2.13. The van der Waals surface area contributed by atoms with Crippen molar-refractivity contribution in [3.63, 3.8) is 0 Å². The topological polar surface area (TPSA) is 70.3 Å². The normalized spacial score (nSPS) is 10.6. The molecule has 0 saturated heterocycles. The van der Waals surface area contributed by atoms with E-state index in [4.69, 9.17) is 5.84 Å². The monoisotopic (exact) mass is 238 g/mol. The Hall–Kier alpha value is -1.40. The smallest absolute Gasteiger partial charge is 0.145 e. The Kier molecular flexibility index (Phi) is 5.65. The van der Waals surface area contributed by atoms with Gasteiger partial charge >= 0.3 is 0 Å². The van der Waals surface area contributed by atoms with Gasteiger partial charge in [0, 0.05) is 25.7 Å². The van der Waals surface area contributed by atoms with E-state index in [0.717, 1.165) is 31.9 Å². The maximum absolute atomic E-state index is 5.35. The van der Waals surface area contributed by atoms with E-state index in [1.165, 1.54) is 6.33 Å². The van der Waals surface area contributed by atoms with Gasteiger partial charge in [-0.3, -0.25) is 0 Å². The van der Waals surface area contributed by atoms with E-state index in [2.05, 4.69) is 46.2 Å². The van der Waals surface area contributed by atoms with Crippen LogP contribution >= 0.6 is 0 Å². The molecule has 0 aliphatic carbocycles. The maximum atomic E-state index is 5.35. The van der Waals surface area contributed by atoms with Gasteiger partial charge < -0.3 is 15.2 Å². The SMILES string of the molecule is CCCN(CCN(C)C)c1cc(NN)ncn1. The fourth-order valence-electron chi connectivity index (χ4n) is 1.53. The minimum absolute atomic E-state index is 0.640. The number of hydrogen-bond donors (Lipinski definition) is 2. The highest BCUT2D eigenvalue weighted by atomic mass is 15.3.